The molecule has 0 bridgehead atoms. The first kappa shape index (κ1) is 64.5. The lowest BCUT2D eigenvalue weighted by molar-refractivity contribution is -0.132. The maximum absolute atomic E-state index is 12.6. The molecule has 0 spiro atoms. The zero-order valence-corrected chi connectivity index (χ0v) is 44.2. The van der Waals surface area contributed by atoms with Crippen molar-refractivity contribution in [1.29, 1.82) is 0 Å². The fourth-order valence-corrected chi connectivity index (χ4v) is 9.20. The highest BCUT2D eigenvalue weighted by atomic mass is 16.3. The van der Waals surface area contributed by atoms with Gasteiger partial charge >= 0.3 is 0 Å². The predicted octanol–water partition coefficient (Wildman–Crippen LogP) is 17.2. The molecule has 0 aromatic carbocycles. The van der Waals surface area contributed by atoms with Gasteiger partial charge in [-0.1, -0.05) is 275 Å². The summed E-state index contributed by atoms with van der Waals surface area (Å²) >= 11 is 0. The molecule has 0 saturated heterocycles. The van der Waals surface area contributed by atoms with Crippen LogP contribution in [0.15, 0.2) is 36.5 Å². The third-order valence-corrected chi connectivity index (χ3v) is 13.8. The van der Waals surface area contributed by atoms with Crippen molar-refractivity contribution in [3.63, 3.8) is 0 Å². The van der Waals surface area contributed by atoms with E-state index in [1.54, 1.807) is 0 Å². The summed E-state index contributed by atoms with van der Waals surface area (Å²) in [6, 6.07) is -1.00. The Kier molecular flexibility index (Phi) is 53.3. The molecule has 4 unspecified atom stereocenters. The molecule has 0 heterocycles. The number of amides is 1. The van der Waals surface area contributed by atoms with E-state index >= 15 is 0 Å². The Hall–Kier alpha value is -1.47. The third-order valence-electron chi connectivity index (χ3n) is 13.8. The van der Waals surface area contributed by atoms with Crippen molar-refractivity contribution < 1.29 is 25.2 Å². The lowest BCUT2D eigenvalue weighted by Gasteiger charge is -2.27. The van der Waals surface area contributed by atoms with E-state index in [4.69, 9.17) is 0 Å². The zero-order valence-electron chi connectivity index (χ0n) is 44.2. The average molecular weight is 931 g/mol. The highest BCUT2D eigenvalue weighted by molar-refractivity contribution is 5.80. The van der Waals surface area contributed by atoms with Gasteiger partial charge in [0.15, 0.2) is 0 Å². The van der Waals surface area contributed by atoms with Gasteiger partial charge in [0.2, 0.25) is 5.91 Å². The summed E-state index contributed by atoms with van der Waals surface area (Å²) in [5, 5.41) is 43.8. The summed E-state index contributed by atoms with van der Waals surface area (Å²) in [5.41, 5.74) is 0. The SMILES string of the molecule is CCCCCCCCC/C=C/CCCC(O)C(O)C(CO)NC(=O)C(O)CCCCCCCCCCCCCCCCCC/C=C\C/C=C\CCCCCCCCCCCCCCCCC. The lowest BCUT2D eigenvalue weighted by Crippen LogP contribution is -2.53. The van der Waals surface area contributed by atoms with E-state index in [0.29, 0.717) is 12.8 Å². The smallest absolute Gasteiger partial charge is 0.249 e. The summed E-state index contributed by atoms with van der Waals surface area (Å²) < 4.78 is 0. The second-order valence-electron chi connectivity index (χ2n) is 20.3. The number of unbranched alkanes of at least 4 members (excludes halogenated alkanes) is 39. The summed E-state index contributed by atoms with van der Waals surface area (Å²) in [4.78, 5) is 12.6. The maximum Gasteiger partial charge on any atom is 0.249 e. The van der Waals surface area contributed by atoms with E-state index in [1.807, 2.05) is 0 Å². The van der Waals surface area contributed by atoms with Gasteiger partial charge in [0.25, 0.3) is 0 Å². The molecule has 0 aliphatic carbocycles. The van der Waals surface area contributed by atoms with Gasteiger partial charge in [-0.15, -0.1) is 0 Å². The van der Waals surface area contributed by atoms with E-state index in [9.17, 15) is 25.2 Å². The minimum Gasteiger partial charge on any atom is -0.394 e. The number of allylic oxidation sites excluding steroid dienone is 6. The van der Waals surface area contributed by atoms with Gasteiger partial charge in [-0.25, -0.2) is 0 Å². The van der Waals surface area contributed by atoms with E-state index in [-0.39, 0.29) is 0 Å². The van der Waals surface area contributed by atoms with Crippen molar-refractivity contribution in [2.24, 2.45) is 0 Å². The van der Waals surface area contributed by atoms with Crippen LogP contribution in [-0.4, -0.2) is 57.3 Å². The Morgan fingerprint density at radius 2 is 0.667 bits per heavy atom. The second-order valence-corrected chi connectivity index (χ2v) is 20.3. The number of nitrogens with one attached hydrogen (secondary N) is 1. The molecule has 5 N–H and O–H groups in total. The number of carbonyl (C=O) groups excluding carboxylic acids is 1. The molecule has 1 amide bonds. The number of aliphatic hydroxyl groups excluding tert-OH is 4. The molecule has 4 atom stereocenters. The fraction of sp³-hybridized carbons (Fsp3) is 0.883. The maximum atomic E-state index is 12.6. The number of hydrogen-bond acceptors (Lipinski definition) is 5. The zero-order chi connectivity index (χ0) is 48.1. The Balaban J connectivity index is 3.53. The molecule has 0 aliphatic rings. The number of carbonyl (C=O) groups is 1. The van der Waals surface area contributed by atoms with Crippen LogP contribution in [0.1, 0.15) is 309 Å². The Morgan fingerprint density at radius 3 is 1.00 bits per heavy atom. The molecule has 6 nitrogen and oxygen atoms in total. The molecule has 0 aromatic heterocycles. The predicted molar refractivity (Wildman–Crippen MR) is 288 cm³/mol. The van der Waals surface area contributed by atoms with Crippen molar-refractivity contribution in [1.82, 2.24) is 5.32 Å². The van der Waals surface area contributed by atoms with Crippen molar-refractivity contribution in [2.45, 2.75) is 334 Å². The molecular weight excluding hydrogens is 815 g/mol. The van der Waals surface area contributed by atoms with Crippen LogP contribution in [0.5, 0.6) is 0 Å². The Morgan fingerprint density at radius 1 is 0.379 bits per heavy atom. The number of rotatable bonds is 54. The van der Waals surface area contributed by atoms with Crippen molar-refractivity contribution in [3.8, 4) is 0 Å². The first-order chi connectivity index (χ1) is 32.5. The van der Waals surface area contributed by atoms with Crippen molar-refractivity contribution in [2.75, 3.05) is 6.61 Å². The van der Waals surface area contributed by atoms with Crippen molar-refractivity contribution in [3.05, 3.63) is 36.5 Å². The highest BCUT2D eigenvalue weighted by Crippen LogP contribution is 2.17. The Labute approximate surface area is 411 Å². The standard InChI is InChI=1S/C60H115NO5/c1-3-5-7-9-11-13-15-17-18-19-20-21-22-23-24-25-26-27-28-29-30-31-32-33-34-35-36-37-38-39-40-41-42-44-46-48-50-52-54-58(64)60(66)61-56(55-62)59(65)57(63)53-51-49-47-45-43-16-14-12-10-8-6-4-2/h26-27,29-30,45,47,56-59,62-65H,3-25,28,31-44,46,48-55H2,1-2H3,(H,61,66)/b27-26-,30-29-,47-45+. The summed E-state index contributed by atoms with van der Waals surface area (Å²) in [7, 11) is 0. The van der Waals surface area contributed by atoms with Gasteiger partial charge in [-0.2, -0.15) is 0 Å². The van der Waals surface area contributed by atoms with Crippen LogP contribution in [0.25, 0.3) is 0 Å². The molecular formula is C60H115NO5. The van der Waals surface area contributed by atoms with Gasteiger partial charge in [-0.3, -0.25) is 4.79 Å². The number of aliphatic hydroxyl groups is 4. The fourth-order valence-electron chi connectivity index (χ4n) is 9.20. The molecule has 0 aromatic rings. The summed E-state index contributed by atoms with van der Waals surface area (Å²) in [6.07, 6.45) is 68.2. The van der Waals surface area contributed by atoms with E-state index in [0.717, 1.165) is 44.9 Å². The molecule has 0 aliphatic heterocycles. The van der Waals surface area contributed by atoms with Crippen LogP contribution < -0.4 is 5.32 Å². The minimum absolute atomic E-state index is 0.364. The van der Waals surface area contributed by atoms with Gasteiger partial charge in [0.05, 0.1) is 18.8 Å². The summed E-state index contributed by atoms with van der Waals surface area (Å²) in [5.74, 6) is -0.592. The topological polar surface area (TPSA) is 110 Å². The average Bonchev–Trinajstić information content (AvgIpc) is 3.32. The third kappa shape index (κ3) is 47.6. The molecule has 66 heavy (non-hydrogen) atoms. The van der Waals surface area contributed by atoms with Crippen LogP contribution in [0.3, 0.4) is 0 Å². The normalized spacial score (nSPS) is 14.0. The number of hydrogen-bond donors (Lipinski definition) is 5. The van der Waals surface area contributed by atoms with Gasteiger partial charge in [0, 0.05) is 0 Å². The first-order valence-electron chi connectivity index (χ1n) is 29.4. The van der Waals surface area contributed by atoms with E-state index < -0.39 is 36.9 Å². The van der Waals surface area contributed by atoms with Crippen LogP contribution in [-0.2, 0) is 4.79 Å². The van der Waals surface area contributed by atoms with Gasteiger partial charge in [0.1, 0.15) is 12.2 Å². The molecule has 0 saturated carbocycles. The Bertz CT molecular complexity index is 1040. The second kappa shape index (κ2) is 54.5. The van der Waals surface area contributed by atoms with Crippen LogP contribution >= 0.6 is 0 Å². The van der Waals surface area contributed by atoms with E-state index in [2.05, 4.69) is 55.6 Å². The molecule has 0 radical (unpaired) electrons. The van der Waals surface area contributed by atoms with Crippen LogP contribution in [0.2, 0.25) is 0 Å². The van der Waals surface area contributed by atoms with Crippen LogP contribution in [0.4, 0.5) is 0 Å². The molecule has 390 valence electrons. The lowest BCUT2D eigenvalue weighted by atomic mass is 10.00. The monoisotopic (exact) mass is 930 g/mol. The largest absolute Gasteiger partial charge is 0.394 e. The highest BCUT2D eigenvalue weighted by Gasteiger charge is 2.28. The molecule has 0 rings (SSSR count). The first-order valence-corrected chi connectivity index (χ1v) is 29.4. The summed E-state index contributed by atoms with van der Waals surface area (Å²) in [6.45, 7) is 4.05. The van der Waals surface area contributed by atoms with Crippen LogP contribution in [0, 0.1) is 0 Å². The minimum atomic E-state index is -1.28. The molecule has 6 heteroatoms. The quantitative estimate of drug-likeness (QED) is 0.0308. The van der Waals surface area contributed by atoms with Crippen molar-refractivity contribution >= 4 is 5.91 Å². The van der Waals surface area contributed by atoms with Gasteiger partial charge < -0.3 is 25.7 Å². The van der Waals surface area contributed by atoms with E-state index in [1.165, 1.54) is 238 Å². The molecule has 0 fully saturated rings. The van der Waals surface area contributed by atoms with Gasteiger partial charge in [-0.05, 0) is 70.6 Å².